The maximum atomic E-state index is 11.1. The van der Waals surface area contributed by atoms with E-state index >= 15 is 0 Å². The van der Waals surface area contributed by atoms with Gasteiger partial charge in [-0.2, -0.15) is 0 Å². The van der Waals surface area contributed by atoms with E-state index in [-0.39, 0.29) is 18.3 Å². The number of nitrogens with two attached hydrogens (primary N) is 1. The fourth-order valence-corrected chi connectivity index (χ4v) is 1.55. The Morgan fingerprint density at radius 1 is 1.47 bits per heavy atom. The van der Waals surface area contributed by atoms with E-state index in [0.717, 1.165) is 10.2 Å². The molecule has 4 N–H and O–H groups in total. The number of anilines is 1. The van der Waals surface area contributed by atoms with Crippen molar-refractivity contribution < 1.29 is 4.79 Å². The molecule has 6 heteroatoms. The first kappa shape index (κ1) is 16.2. The molecule has 0 saturated carbocycles. The van der Waals surface area contributed by atoms with Crippen molar-refractivity contribution in [3.05, 3.63) is 28.7 Å². The number of amides is 1. The Morgan fingerprint density at radius 2 is 2.18 bits per heavy atom. The van der Waals surface area contributed by atoms with Crippen LogP contribution in [0.1, 0.15) is 6.92 Å². The average molecular weight is 323 g/mol. The fourth-order valence-electron chi connectivity index (χ4n) is 1.15. The molecule has 0 fully saturated rings. The third kappa shape index (κ3) is 6.51. The summed E-state index contributed by atoms with van der Waals surface area (Å²) in [6.07, 6.45) is 0. The summed E-state index contributed by atoms with van der Waals surface area (Å²) in [5, 5.41) is 5.92. The largest absolute Gasteiger partial charge is 0.383 e. The zero-order chi connectivity index (χ0) is 12.0. The van der Waals surface area contributed by atoms with Gasteiger partial charge in [-0.3, -0.25) is 4.79 Å². The van der Waals surface area contributed by atoms with Crippen molar-refractivity contribution in [3.63, 3.8) is 0 Å². The summed E-state index contributed by atoms with van der Waals surface area (Å²) in [7, 11) is 0. The molecule has 1 amide bonds. The lowest BCUT2D eigenvalue weighted by Gasteiger charge is -2.09. The van der Waals surface area contributed by atoms with Gasteiger partial charge in [0.2, 0.25) is 5.91 Å². The molecule has 0 aromatic heterocycles. The molecule has 4 nitrogen and oxygen atoms in total. The van der Waals surface area contributed by atoms with Gasteiger partial charge in [0, 0.05) is 23.2 Å². The van der Waals surface area contributed by atoms with E-state index in [9.17, 15) is 4.79 Å². The van der Waals surface area contributed by atoms with E-state index < -0.39 is 6.04 Å². The molecule has 17 heavy (non-hydrogen) atoms. The van der Waals surface area contributed by atoms with Gasteiger partial charge in [-0.05, 0) is 25.1 Å². The Kier molecular flexibility index (Phi) is 7.95. The predicted octanol–water partition coefficient (Wildman–Crippen LogP) is 1.75. The fraction of sp³-hybridized carbons (Fsp3) is 0.364. The standard InChI is InChI=1S/C11H16BrN3O.ClH/c1-8(13)11(16)15-6-5-14-10-4-2-3-9(12)7-10;/h2-4,7-8,14H,5-6,13H2,1H3,(H,15,16);1H. The maximum absolute atomic E-state index is 11.1. The number of hydrogen-bond donors (Lipinski definition) is 3. The van der Waals surface area contributed by atoms with Crippen LogP contribution in [0.5, 0.6) is 0 Å². The number of rotatable bonds is 5. The lowest BCUT2D eigenvalue weighted by molar-refractivity contribution is -0.121. The molecule has 0 heterocycles. The van der Waals surface area contributed by atoms with E-state index in [1.165, 1.54) is 0 Å². The molecule has 0 spiro atoms. The minimum absolute atomic E-state index is 0. The molecule has 1 unspecified atom stereocenters. The van der Waals surface area contributed by atoms with Crippen LogP contribution in [-0.2, 0) is 4.79 Å². The molecule has 1 aromatic carbocycles. The van der Waals surface area contributed by atoms with Crippen LogP contribution >= 0.6 is 28.3 Å². The summed E-state index contributed by atoms with van der Waals surface area (Å²) in [5.41, 5.74) is 6.43. The van der Waals surface area contributed by atoms with Gasteiger partial charge in [-0.15, -0.1) is 12.4 Å². The monoisotopic (exact) mass is 321 g/mol. The second kappa shape index (κ2) is 8.33. The van der Waals surface area contributed by atoms with Gasteiger partial charge >= 0.3 is 0 Å². The van der Waals surface area contributed by atoms with Gasteiger partial charge in [0.05, 0.1) is 6.04 Å². The van der Waals surface area contributed by atoms with E-state index in [0.29, 0.717) is 13.1 Å². The summed E-state index contributed by atoms with van der Waals surface area (Å²) in [5.74, 6) is -0.129. The number of halogens is 2. The van der Waals surface area contributed by atoms with Crippen LogP contribution in [0, 0.1) is 0 Å². The van der Waals surface area contributed by atoms with Crippen molar-refractivity contribution >= 4 is 39.9 Å². The van der Waals surface area contributed by atoms with Crippen LogP contribution in [0.25, 0.3) is 0 Å². The van der Waals surface area contributed by atoms with Crippen LogP contribution in [0.2, 0.25) is 0 Å². The van der Waals surface area contributed by atoms with Crippen LogP contribution < -0.4 is 16.4 Å². The van der Waals surface area contributed by atoms with Crippen molar-refractivity contribution in [2.24, 2.45) is 5.73 Å². The van der Waals surface area contributed by atoms with Crippen LogP contribution in [0.4, 0.5) is 5.69 Å². The average Bonchev–Trinajstić information content (AvgIpc) is 2.24. The minimum atomic E-state index is -0.453. The summed E-state index contributed by atoms with van der Waals surface area (Å²) >= 11 is 3.39. The Bertz CT molecular complexity index is 360. The quantitative estimate of drug-likeness (QED) is 0.724. The lowest BCUT2D eigenvalue weighted by atomic mass is 10.3. The van der Waals surface area contributed by atoms with Crippen molar-refractivity contribution in [1.82, 2.24) is 5.32 Å². The highest BCUT2D eigenvalue weighted by atomic mass is 79.9. The van der Waals surface area contributed by atoms with E-state index in [2.05, 4.69) is 26.6 Å². The molecular formula is C11H17BrClN3O. The Balaban J connectivity index is 0.00000256. The third-order valence-electron chi connectivity index (χ3n) is 1.99. The number of nitrogens with one attached hydrogen (secondary N) is 2. The summed E-state index contributed by atoms with van der Waals surface area (Å²) in [6.45, 7) is 2.90. The Hall–Kier alpha value is -0.780. The highest BCUT2D eigenvalue weighted by molar-refractivity contribution is 9.10. The van der Waals surface area contributed by atoms with Crippen molar-refractivity contribution in [3.8, 4) is 0 Å². The third-order valence-corrected chi connectivity index (χ3v) is 2.48. The molecule has 0 aliphatic heterocycles. The number of benzene rings is 1. The van der Waals surface area contributed by atoms with Crippen molar-refractivity contribution in [2.45, 2.75) is 13.0 Å². The Labute approximate surface area is 116 Å². The van der Waals surface area contributed by atoms with E-state index in [4.69, 9.17) is 5.73 Å². The summed E-state index contributed by atoms with van der Waals surface area (Å²) < 4.78 is 1.03. The SMILES string of the molecule is CC(N)C(=O)NCCNc1cccc(Br)c1.Cl. The molecule has 0 bridgehead atoms. The van der Waals surface area contributed by atoms with Gasteiger partial charge in [-0.25, -0.2) is 0 Å². The van der Waals surface area contributed by atoms with Gasteiger partial charge in [0.25, 0.3) is 0 Å². The van der Waals surface area contributed by atoms with Crippen LogP contribution in [-0.4, -0.2) is 25.0 Å². The normalized spacial score (nSPS) is 11.2. The summed E-state index contributed by atoms with van der Waals surface area (Å²) in [4.78, 5) is 11.1. The first-order valence-corrected chi connectivity index (χ1v) is 5.91. The lowest BCUT2D eigenvalue weighted by Crippen LogP contribution is -2.40. The first-order chi connectivity index (χ1) is 7.59. The topological polar surface area (TPSA) is 67.2 Å². The molecule has 1 rings (SSSR count). The smallest absolute Gasteiger partial charge is 0.236 e. The van der Waals surface area contributed by atoms with Crippen LogP contribution in [0.3, 0.4) is 0 Å². The Morgan fingerprint density at radius 3 is 2.76 bits per heavy atom. The maximum Gasteiger partial charge on any atom is 0.236 e. The summed E-state index contributed by atoms with van der Waals surface area (Å²) in [6, 6.07) is 7.41. The number of hydrogen-bond acceptors (Lipinski definition) is 3. The van der Waals surface area contributed by atoms with E-state index in [1.807, 2.05) is 24.3 Å². The van der Waals surface area contributed by atoms with Crippen molar-refractivity contribution in [1.29, 1.82) is 0 Å². The second-order valence-corrected chi connectivity index (χ2v) is 4.43. The molecule has 0 aliphatic carbocycles. The highest BCUT2D eigenvalue weighted by Gasteiger charge is 2.04. The number of carbonyl (C=O) groups is 1. The molecular weight excluding hydrogens is 305 g/mol. The predicted molar refractivity (Wildman–Crippen MR) is 76.5 cm³/mol. The van der Waals surface area contributed by atoms with Crippen molar-refractivity contribution in [2.75, 3.05) is 18.4 Å². The first-order valence-electron chi connectivity index (χ1n) is 5.12. The van der Waals surface area contributed by atoms with Gasteiger partial charge in [0.15, 0.2) is 0 Å². The minimum Gasteiger partial charge on any atom is -0.383 e. The number of carbonyl (C=O) groups excluding carboxylic acids is 1. The zero-order valence-electron chi connectivity index (χ0n) is 9.57. The van der Waals surface area contributed by atoms with Gasteiger partial charge in [-0.1, -0.05) is 22.0 Å². The molecule has 0 saturated heterocycles. The second-order valence-electron chi connectivity index (χ2n) is 3.52. The van der Waals surface area contributed by atoms with E-state index in [1.54, 1.807) is 6.92 Å². The molecule has 1 aromatic rings. The molecule has 1 atom stereocenters. The highest BCUT2D eigenvalue weighted by Crippen LogP contribution is 2.14. The van der Waals surface area contributed by atoms with Crippen LogP contribution in [0.15, 0.2) is 28.7 Å². The molecule has 0 aliphatic rings. The van der Waals surface area contributed by atoms with Gasteiger partial charge in [0.1, 0.15) is 0 Å². The molecule has 96 valence electrons. The molecule has 0 radical (unpaired) electrons. The van der Waals surface area contributed by atoms with Gasteiger partial charge < -0.3 is 16.4 Å². The zero-order valence-corrected chi connectivity index (χ0v) is 12.0.